The van der Waals surface area contributed by atoms with Crippen molar-refractivity contribution >= 4 is 23.0 Å². The number of benzene rings is 2. The van der Waals surface area contributed by atoms with Crippen LogP contribution < -0.4 is 10.2 Å². The summed E-state index contributed by atoms with van der Waals surface area (Å²) < 4.78 is 15.8. The molecule has 0 spiro atoms. The minimum Gasteiger partial charge on any atom is -0.351 e. The van der Waals surface area contributed by atoms with Gasteiger partial charge in [0.05, 0.1) is 17.8 Å². The van der Waals surface area contributed by atoms with Crippen molar-refractivity contribution < 1.29 is 4.39 Å². The highest BCUT2D eigenvalue weighted by molar-refractivity contribution is 7.80. The van der Waals surface area contributed by atoms with E-state index in [0.717, 1.165) is 34.0 Å². The van der Waals surface area contributed by atoms with E-state index in [1.165, 1.54) is 23.3 Å². The van der Waals surface area contributed by atoms with Gasteiger partial charge in [-0.1, -0.05) is 12.1 Å². The zero-order valence-electron chi connectivity index (χ0n) is 19.7. The number of hydrogen-bond donors (Lipinski definition) is 1. The highest BCUT2D eigenvalue weighted by Crippen LogP contribution is 2.44. The lowest BCUT2D eigenvalue weighted by molar-refractivity contribution is 0.565. The van der Waals surface area contributed by atoms with Gasteiger partial charge in [0.2, 0.25) is 0 Å². The van der Waals surface area contributed by atoms with Crippen molar-refractivity contribution in [1.82, 2.24) is 14.9 Å². The predicted molar refractivity (Wildman–Crippen MR) is 139 cm³/mol. The first-order chi connectivity index (χ1) is 16.3. The van der Waals surface area contributed by atoms with Crippen molar-refractivity contribution in [2.75, 3.05) is 4.90 Å². The monoisotopic (exact) mass is 470 g/mol. The second kappa shape index (κ2) is 8.69. The molecule has 4 aromatic rings. The number of aromatic nitrogens is 2. The quantitative estimate of drug-likeness (QED) is 0.349. The Balaban J connectivity index is 1.69. The SMILES string of the molecule is Cc1cc(C)cc(N2C(=S)NC(c3ccccn3)C2c2cc(C)n(-c3ccc(F)cc3)c2C)c1. The number of thiocarbonyl (C=S) groups is 1. The maximum absolute atomic E-state index is 13.6. The van der Waals surface area contributed by atoms with Gasteiger partial charge < -0.3 is 14.8 Å². The molecular formula is C28H27FN4S. The van der Waals surface area contributed by atoms with Gasteiger partial charge in [-0.2, -0.15) is 0 Å². The maximum atomic E-state index is 13.6. The summed E-state index contributed by atoms with van der Waals surface area (Å²) in [6, 6.07) is 21.1. The molecule has 1 N–H and O–H groups in total. The van der Waals surface area contributed by atoms with E-state index in [-0.39, 0.29) is 17.9 Å². The molecule has 0 aliphatic carbocycles. The lowest BCUT2D eigenvalue weighted by Gasteiger charge is -2.29. The number of halogens is 1. The Kier molecular flexibility index (Phi) is 5.70. The van der Waals surface area contributed by atoms with Crippen LogP contribution in [0.15, 0.2) is 72.9 Å². The standard InChI is InChI=1S/C28H27FN4S/c1-17-13-18(2)15-23(14-17)33-27(26(31-28(33)34)25-7-5-6-12-30-25)24-16-19(3)32(20(24)4)22-10-8-21(29)9-11-22/h5-16,26-27H,1-4H3,(H,31,34). The first-order valence-electron chi connectivity index (χ1n) is 11.4. The fourth-order valence-corrected chi connectivity index (χ4v) is 5.46. The highest BCUT2D eigenvalue weighted by atomic mass is 32.1. The Morgan fingerprint density at radius 1 is 0.882 bits per heavy atom. The zero-order chi connectivity index (χ0) is 24.0. The molecule has 1 saturated heterocycles. The molecule has 0 amide bonds. The number of hydrogen-bond acceptors (Lipinski definition) is 2. The number of aryl methyl sites for hydroxylation is 3. The fraction of sp³-hybridized carbons (Fsp3) is 0.214. The normalized spacial score (nSPS) is 17.8. The summed E-state index contributed by atoms with van der Waals surface area (Å²) >= 11 is 5.89. The molecule has 5 rings (SSSR count). The van der Waals surface area contributed by atoms with Crippen LogP contribution in [0.25, 0.3) is 5.69 Å². The van der Waals surface area contributed by atoms with Gasteiger partial charge in [0.1, 0.15) is 5.82 Å². The van der Waals surface area contributed by atoms with Crippen LogP contribution in [0.1, 0.15) is 45.9 Å². The third-order valence-electron chi connectivity index (χ3n) is 6.46. The molecule has 4 nitrogen and oxygen atoms in total. The van der Waals surface area contributed by atoms with E-state index in [0.29, 0.717) is 5.11 Å². The predicted octanol–water partition coefficient (Wildman–Crippen LogP) is 6.42. The van der Waals surface area contributed by atoms with E-state index < -0.39 is 0 Å². The first-order valence-corrected chi connectivity index (χ1v) is 11.8. The van der Waals surface area contributed by atoms with E-state index in [1.54, 1.807) is 0 Å². The summed E-state index contributed by atoms with van der Waals surface area (Å²) in [6.07, 6.45) is 1.82. The lowest BCUT2D eigenvalue weighted by atomic mass is 9.96. The van der Waals surface area contributed by atoms with Crippen molar-refractivity contribution in [2.45, 2.75) is 39.8 Å². The fourth-order valence-electron chi connectivity index (χ4n) is 5.11. The molecule has 2 aromatic heterocycles. The molecule has 6 heteroatoms. The van der Waals surface area contributed by atoms with Crippen LogP contribution in [0, 0.1) is 33.5 Å². The van der Waals surface area contributed by atoms with Gasteiger partial charge in [-0.3, -0.25) is 4.98 Å². The van der Waals surface area contributed by atoms with Gasteiger partial charge in [-0.15, -0.1) is 0 Å². The van der Waals surface area contributed by atoms with Gasteiger partial charge in [0.15, 0.2) is 5.11 Å². The molecule has 0 radical (unpaired) electrons. The molecule has 34 heavy (non-hydrogen) atoms. The highest BCUT2D eigenvalue weighted by Gasteiger charge is 2.42. The molecule has 3 heterocycles. The Bertz CT molecular complexity index is 1340. The summed E-state index contributed by atoms with van der Waals surface area (Å²) in [5.74, 6) is -0.243. The smallest absolute Gasteiger partial charge is 0.174 e. The summed E-state index contributed by atoms with van der Waals surface area (Å²) in [4.78, 5) is 6.88. The van der Waals surface area contributed by atoms with Crippen molar-refractivity contribution in [3.05, 3.63) is 113 Å². The second-order valence-corrected chi connectivity index (χ2v) is 9.37. The van der Waals surface area contributed by atoms with Gasteiger partial charge in [-0.25, -0.2) is 4.39 Å². The molecule has 2 unspecified atom stereocenters. The van der Waals surface area contributed by atoms with Crippen LogP contribution in [0.4, 0.5) is 10.1 Å². The van der Waals surface area contributed by atoms with Crippen molar-refractivity contribution in [3.63, 3.8) is 0 Å². The van der Waals surface area contributed by atoms with Crippen LogP contribution in [-0.2, 0) is 0 Å². The van der Waals surface area contributed by atoms with Gasteiger partial charge in [-0.05, 0) is 111 Å². The first kappa shape index (κ1) is 22.3. The summed E-state index contributed by atoms with van der Waals surface area (Å²) in [5.41, 5.74) is 8.64. The zero-order valence-corrected chi connectivity index (χ0v) is 20.5. The van der Waals surface area contributed by atoms with E-state index in [4.69, 9.17) is 12.2 Å². The summed E-state index contributed by atoms with van der Waals surface area (Å²) in [7, 11) is 0. The van der Waals surface area contributed by atoms with Crippen molar-refractivity contribution in [3.8, 4) is 5.69 Å². The van der Waals surface area contributed by atoms with Gasteiger partial charge >= 0.3 is 0 Å². The molecule has 1 aliphatic heterocycles. The maximum Gasteiger partial charge on any atom is 0.174 e. The van der Waals surface area contributed by atoms with Gasteiger partial charge in [0, 0.05) is 29.0 Å². The topological polar surface area (TPSA) is 33.1 Å². The number of nitrogens with one attached hydrogen (secondary N) is 1. The minimum atomic E-state index is -0.243. The average Bonchev–Trinajstić information content (AvgIpc) is 3.30. The van der Waals surface area contributed by atoms with Crippen LogP contribution in [0.2, 0.25) is 0 Å². The molecule has 1 aliphatic rings. The second-order valence-electron chi connectivity index (χ2n) is 8.98. The largest absolute Gasteiger partial charge is 0.351 e. The lowest BCUT2D eigenvalue weighted by Crippen LogP contribution is -2.29. The molecule has 2 aromatic carbocycles. The van der Waals surface area contributed by atoms with Crippen LogP contribution in [0.3, 0.4) is 0 Å². The molecule has 0 saturated carbocycles. The molecule has 172 valence electrons. The Morgan fingerprint density at radius 3 is 2.24 bits per heavy atom. The van der Waals surface area contributed by atoms with Crippen molar-refractivity contribution in [1.29, 1.82) is 0 Å². The third kappa shape index (κ3) is 3.88. The van der Waals surface area contributed by atoms with Crippen LogP contribution in [-0.4, -0.2) is 14.7 Å². The Labute approximate surface area is 205 Å². The van der Waals surface area contributed by atoms with E-state index in [2.05, 4.69) is 71.7 Å². The number of anilines is 1. The minimum absolute atomic E-state index is 0.0935. The molecule has 2 atom stereocenters. The number of nitrogens with zero attached hydrogens (tertiary/aromatic N) is 3. The summed E-state index contributed by atoms with van der Waals surface area (Å²) in [5, 5.41) is 4.22. The third-order valence-corrected chi connectivity index (χ3v) is 6.77. The van der Waals surface area contributed by atoms with E-state index >= 15 is 0 Å². The Hall–Kier alpha value is -3.51. The molecular weight excluding hydrogens is 443 g/mol. The average molecular weight is 471 g/mol. The van der Waals surface area contributed by atoms with E-state index in [1.807, 2.05) is 36.5 Å². The molecule has 0 bridgehead atoms. The van der Waals surface area contributed by atoms with Crippen LogP contribution in [0.5, 0.6) is 0 Å². The van der Waals surface area contributed by atoms with Crippen LogP contribution >= 0.6 is 12.2 Å². The number of pyridine rings is 1. The number of rotatable bonds is 4. The van der Waals surface area contributed by atoms with E-state index in [9.17, 15) is 4.39 Å². The molecule has 1 fully saturated rings. The van der Waals surface area contributed by atoms with Crippen molar-refractivity contribution in [2.24, 2.45) is 0 Å². The summed E-state index contributed by atoms with van der Waals surface area (Å²) in [6.45, 7) is 8.41. The Morgan fingerprint density at radius 2 is 1.59 bits per heavy atom. The van der Waals surface area contributed by atoms with Gasteiger partial charge in [0.25, 0.3) is 0 Å².